The van der Waals surface area contributed by atoms with E-state index in [0.717, 1.165) is 28.3 Å². The largest absolute Gasteiger partial charge is 0.368 e. The number of amides is 1. The molecule has 1 fully saturated rings. The fraction of sp³-hybridized carbons (Fsp3) is 0.308. The first-order valence-electron chi connectivity index (χ1n) is 11.3. The zero-order valence-electron chi connectivity index (χ0n) is 19.2. The predicted molar refractivity (Wildman–Crippen MR) is 128 cm³/mol. The molecule has 3 aromatic rings. The molecule has 0 aliphatic carbocycles. The van der Waals surface area contributed by atoms with Gasteiger partial charge in [0.15, 0.2) is 0 Å². The molecule has 1 atom stereocenters. The SMILES string of the molecule is CC1=C(C(=O)N2CCN(c3ccc(F)cc3)CC2)C(c2ccc(C)c(C)c2)n2nccc2N1. The first-order chi connectivity index (χ1) is 15.9. The molecule has 0 saturated carbocycles. The molecule has 3 heterocycles. The van der Waals surface area contributed by atoms with Crippen LogP contribution < -0.4 is 10.2 Å². The molecule has 1 saturated heterocycles. The third-order valence-electron chi connectivity index (χ3n) is 6.74. The Morgan fingerprint density at radius 2 is 1.70 bits per heavy atom. The molecule has 170 valence electrons. The van der Waals surface area contributed by atoms with E-state index in [1.54, 1.807) is 18.3 Å². The van der Waals surface area contributed by atoms with E-state index in [-0.39, 0.29) is 17.8 Å². The Hall–Kier alpha value is -3.61. The number of anilines is 2. The van der Waals surface area contributed by atoms with Crippen LogP contribution in [0.1, 0.15) is 29.7 Å². The van der Waals surface area contributed by atoms with E-state index in [0.29, 0.717) is 26.2 Å². The number of halogens is 1. The van der Waals surface area contributed by atoms with Crippen molar-refractivity contribution in [2.45, 2.75) is 26.8 Å². The Labute approximate surface area is 193 Å². The van der Waals surface area contributed by atoms with Crippen molar-refractivity contribution in [2.24, 2.45) is 0 Å². The van der Waals surface area contributed by atoms with Gasteiger partial charge in [-0.1, -0.05) is 18.2 Å². The maximum Gasteiger partial charge on any atom is 0.254 e. The Balaban J connectivity index is 1.42. The standard InChI is InChI=1S/C26H28FN5O/c1-17-4-5-20(16-18(17)2)25-24(19(3)29-23-10-11-28-32(23)25)26(33)31-14-12-30(13-15-31)22-8-6-21(27)7-9-22/h4-11,16,25,29H,12-15H2,1-3H3. The zero-order chi connectivity index (χ0) is 23.1. The van der Waals surface area contributed by atoms with Gasteiger partial charge in [0, 0.05) is 43.6 Å². The van der Waals surface area contributed by atoms with Crippen molar-refractivity contribution in [3.05, 3.63) is 88.5 Å². The molecule has 0 spiro atoms. The zero-order valence-corrected chi connectivity index (χ0v) is 19.2. The molecule has 0 bridgehead atoms. The molecule has 2 aromatic carbocycles. The fourth-order valence-electron chi connectivity index (χ4n) is 4.72. The quantitative estimate of drug-likeness (QED) is 0.654. The lowest BCUT2D eigenvalue weighted by molar-refractivity contribution is -0.128. The third kappa shape index (κ3) is 3.88. The summed E-state index contributed by atoms with van der Waals surface area (Å²) in [5, 5.41) is 7.91. The highest BCUT2D eigenvalue weighted by molar-refractivity contribution is 5.97. The van der Waals surface area contributed by atoms with E-state index in [2.05, 4.69) is 47.4 Å². The molecule has 1 N–H and O–H groups in total. The highest BCUT2D eigenvalue weighted by atomic mass is 19.1. The van der Waals surface area contributed by atoms with E-state index < -0.39 is 0 Å². The number of carbonyl (C=O) groups is 1. The number of aryl methyl sites for hydroxylation is 2. The molecule has 2 aliphatic rings. The first-order valence-corrected chi connectivity index (χ1v) is 11.3. The van der Waals surface area contributed by atoms with Gasteiger partial charge in [-0.15, -0.1) is 0 Å². The summed E-state index contributed by atoms with van der Waals surface area (Å²) in [6, 6.07) is 14.5. The summed E-state index contributed by atoms with van der Waals surface area (Å²) in [7, 11) is 0. The van der Waals surface area contributed by atoms with Crippen LogP contribution in [-0.2, 0) is 4.79 Å². The second-order valence-corrected chi connectivity index (χ2v) is 8.83. The lowest BCUT2D eigenvalue weighted by Crippen LogP contribution is -2.50. The van der Waals surface area contributed by atoms with Crippen LogP contribution >= 0.6 is 0 Å². The number of fused-ring (bicyclic) bond motifs is 1. The number of hydrogen-bond acceptors (Lipinski definition) is 4. The van der Waals surface area contributed by atoms with Crippen molar-refractivity contribution in [2.75, 3.05) is 36.4 Å². The smallest absolute Gasteiger partial charge is 0.254 e. The van der Waals surface area contributed by atoms with Crippen LogP contribution in [0, 0.1) is 19.7 Å². The number of allylic oxidation sites excluding steroid dienone is 1. The van der Waals surface area contributed by atoms with Crippen molar-refractivity contribution in [1.82, 2.24) is 14.7 Å². The summed E-state index contributed by atoms with van der Waals surface area (Å²) in [5.41, 5.74) is 6.03. The maximum atomic E-state index is 13.8. The van der Waals surface area contributed by atoms with Gasteiger partial charge in [0.25, 0.3) is 5.91 Å². The Morgan fingerprint density at radius 1 is 0.970 bits per heavy atom. The summed E-state index contributed by atoms with van der Waals surface area (Å²) >= 11 is 0. The monoisotopic (exact) mass is 445 g/mol. The summed E-state index contributed by atoms with van der Waals surface area (Å²) in [6.45, 7) is 8.78. The third-order valence-corrected chi connectivity index (χ3v) is 6.74. The minimum atomic E-state index is -0.279. The second-order valence-electron chi connectivity index (χ2n) is 8.83. The number of hydrogen-bond donors (Lipinski definition) is 1. The van der Waals surface area contributed by atoms with Crippen LogP contribution in [0.3, 0.4) is 0 Å². The van der Waals surface area contributed by atoms with E-state index in [4.69, 9.17) is 0 Å². The highest BCUT2D eigenvalue weighted by Gasteiger charge is 2.35. The molecule has 0 radical (unpaired) electrons. The lowest BCUT2D eigenvalue weighted by atomic mass is 9.92. The van der Waals surface area contributed by atoms with Crippen LogP contribution in [0.2, 0.25) is 0 Å². The van der Waals surface area contributed by atoms with Gasteiger partial charge in [0.05, 0.1) is 11.8 Å². The molecular weight excluding hydrogens is 417 g/mol. The summed E-state index contributed by atoms with van der Waals surface area (Å²) in [5.74, 6) is 0.673. The minimum Gasteiger partial charge on any atom is -0.368 e. The normalized spacial score (nSPS) is 18.2. The van der Waals surface area contributed by atoms with Gasteiger partial charge >= 0.3 is 0 Å². The molecule has 33 heavy (non-hydrogen) atoms. The van der Waals surface area contributed by atoms with Crippen LogP contribution in [0.5, 0.6) is 0 Å². The second kappa shape index (κ2) is 8.39. The molecule has 7 heteroatoms. The van der Waals surface area contributed by atoms with Gasteiger partial charge in [-0.3, -0.25) is 4.79 Å². The highest BCUT2D eigenvalue weighted by Crippen LogP contribution is 2.37. The van der Waals surface area contributed by atoms with Crippen LogP contribution in [0.15, 0.2) is 66.0 Å². The topological polar surface area (TPSA) is 53.4 Å². The first kappa shape index (κ1) is 21.2. The Kier molecular flexibility index (Phi) is 5.40. The predicted octanol–water partition coefficient (Wildman–Crippen LogP) is 4.28. The fourth-order valence-corrected chi connectivity index (χ4v) is 4.72. The van der Waals surface area contributed by atoms with Crippen LogP contribution in [0.4, 0.5) is 15.9 Å². The molecule has 1 amide bonds. The number of rotatable bonds is 3. The number of carbonyl (C=O) groups excluding carboxylic acids is 1. The summed E-state index contributed by atoms with van der Waals surface area (Å²) in [4.78, 5) is 17.9. The number of nitrogens with zero attached hydrogens (tertiary/aromatic N) is 4. The van der Waals surface area contributed by atoms with Gasteiger partial charge in [0.2, 0.25) is 0 Å². The number of piperazine rings is 1. The molecular formula is C26H28FN5O. The van der Waals surface area contributed by atoms with E-state index >= 15 is 0 Å². The van der Waals surface area contributed by atoms with E-state index in [9.17, 15) is 9.18 Å². The van der Waals surface area contributed by atoms with Gasteiger partial charge in [-0.25, -0.2) is 9.07 Å². The summed E-state index contributed by atoms with van der Waals surface area (Å²) in [6.07, 6.45) is 1.76. The van der Waals surface area contributed by atoms with Gasteiger partial charge in [0.1, 0.15) is 17.7 Å². The molecule has 1 aromatic heterocycles. The molecule has 5 rings (SSSR count). The van der Waals surface area contributed by atoms with E-state index in [1.165, 1.54) is 23.3 Å². The average molecular weight is 446 g/mol. The Bertz CT molecular complexity index is 1220. The van der Waals surface area contributed by atoms with E-state index in [1.807, 2.05) is 22.6 Å². The maximum absolute atomic E-state index is 13.8. The number of benzene rings is 2. The average Bonchev–Trinajstić information content (AvgIpc) is 3.28. The van der Waals surface area contributed by atoms with Crippen molar-refractivity contribution < 1.29 is 9.18 Å². The molecule has 6 nitrogen and oxygen atoms in total. The Morgan fingerprint density at radius 3 is 2.39 bits per heavy atom. The van der Waals surface area contributed by atoms with Crippen LogP contribution in [0.25, 0.3) is 0 Å². The summed E-state index contributed by atoms with van der Waals surface area (Å²) < 4.78 is 15.2. The van der Waals surface area contributed by atoms with Crippen molar-refractivity contribution in [3.63, 3.8) is 0 Å². The van der Waals surface area contributed by atoms with Gasteiger partial charge in [-0.05, 0) is 61.7 Å². The van der Waals surface area contributed by atoms with Gasteiger partial charge in [-0.2, -0.15) is 5.10 Å². The number of aromatic nitrogens is 2. The van der Waals surface area contributed by atoms with Crippen LogP contribution in [-0.4, -0.2) is 46.8 Å². The van der Waals surface area contributed by atoms with Crippen molar-refractivity contribution in [3.8, 4) is 0 Å². The number of nitrogens with one attached hydrogen (secondary N) is 1. The minimum absolute atomic E-state index is 0.0307. The lowest BCUT2D eigenvalue weighted by Gasteiger charge is -2.38. The molecule has 1 unspecified atom stereocenters. The van der Waals surface area contributed by atoms with Crippen molar-refractivity contribution in [1.29, 1.82) is 0 Å². The molecule has 2 aliphatic heterocycles. The van der Waals surface area contributed by atoms with Gasteiger partial charge < -0.3 is 15.1 Å². The van der Waals surface area contributed by atoms with Crippen molar-refractivity contribution >= 4 is 17.4 Å².